The van der Waals surface area contributed by atoms with Gasteiger partial charge in [-0.15, -0.1) is 0 Å². The van der Waals surface area contributed by atoms with Crippen molar-refractivity contribution in [1.82, 2.24) is 15.3 Å². The highest BCUT2D eigenvalue weighted by molar-refractivity contribution is 5.78. The summed E-state index contributed by atoms with van der Waals surface area (Å²) in [7, 11) is 0. The van der Waals surface area contributed by atoms with Gasteiger partial charge in [0.2, 0.25) is 5.91 Å². The Bertz CT molecular complexity index is 660. The summed E-state index contributed by atoms with van der Waals surface area (Å²) in [6, 6.07) is 4.15. The van der Waals surface area contributed by atoms with Gasteiger partial charge in [0.15, 0.2) is 11.6 Å². The SMILES string of the molecule is N#CCC(=O)NCCc1nc2c(F)c(F)ccc2[nH]1. The molecule has 0 radical (unpaired) electrons. The zero-order valence-corrected chi connectivity index (χ0v) is 9.83. The number of hydrogen-bond donors (Lipinski definition) is 2. The fourth-order valence-corrected chi connectivity index (χ4v) is 1.64. The van der Waals surface area contributed by atoms with Gasteiger partial charge in [-0.25, -0.2) is 13.8 Å². The van der Waals surface area contributed by atoms with Gasteiger partial charge in [0, 0.05) is 13.0 Å². The predicted molar refractivity (Wildman–Crippen MR) is 63.0 cm³/mol. The molecule has 2 rings (SSSR count). The lowest BCUT2D eigenvalue weighted by atomic mass is 10.3. The number of H-pyrrole nitrogens is 1. The van der Waals surface area contributed by atoms with Gasteiger partial charge in [0.1, 0.15) is 17.8 Å². The van der Waals surface area contributed by atoms with Crippen molar-refractivity contribution < 1.29 is 13.6 Å². The van der Waals surface area contributed by atoms with Crippen molar-refractivity contribution in [3.8, 4) is 6.07 Å². The van der Waals surface area contributed by atoms with E-state index in [0.717, 1.165) is 6.07 Å². The number of nitriles is 1. The summed E-state index contributed by atoms with van der Waals surface area (Å²) in [6.45, 7) is 0.268. The predicted octanol–water partition coefficient (Wildman–Crippen LogP) is 1.41. The molecule has 1 aromatic heterocycles. The molecule has 0 unspecified atom stereocenters. The Balaban J connectivity index is 2.04. The van der Waals surface area contributed by atoms with E-state index in [0.29, 0.717) is 17.8 Å². The lowest BCUT2D eigenvalue weighted by Gasteiger charge is -1.99. The molecule has 19 heavy (non-hydrogen) atoms. The second kappa shape index (κ2) is 5.44. The van der Waals surface area contributed by atoms with E-state index in [9.17, 15) is 13.6 Å². The molecule has 0 fully saturated rings. The zero-order chi connectivity index (χ0) is 13.8. The number of carbonyl (C=O) groups excluding carboxylic acids is 1. The number of halogens is 2. The maximum Gasteiger partial charge on any atom is 0.234 e. The van der Waals surface area contributed by atoms with Crippen LogP contribution in [0.4, 0.5) is 8.78 Å². The van der Waals surface area contributed by atoms with Crippen LogP contribution in [0.2, 0.25) is 0 Å². The lowest BCUT2D eigenvalue weighted by molar-refractivity contribution is -0.120. The smallest absolute Gasteiger partial charge is 0.234 e. The van der Waals surface area contributed by atoms with Gasteiger partial charge in [-0.2, -0.15) is 5.26 Å². The summed E-state index contributed by atoms with van der Waals surface area (Å²) in [4.78, 5) is 17.8. The van der Waals surface area contributed by atoms with E-state index in [-0.39, 0.29) is 24.4 Å². The number of fused-ring (bicyclic) bond motifs is 1. The molecule has 0 saturated carbocycles. The average molecular weight is 264 g/mol. The van der Waals surface area contributed by atoms with Crippen LogP contribution < -0.4 is 5.32 Å². The summed E-state index contributed by atoms with van der Waals surface area (Å²) < 4.78 is 26.4. The van der Waals surface area contributed by atoms with Crippen LogP contribution in [0.5, 0.6) is 0 Å². The second-order valence-electron chi connectivity index (χ2n) is 3.88. The summed E-state index contributed by atoms with van der Waals surface area (Å²) in [5.41, 5.74) is 0.343. The van der Waals surface area contributed by atoms with Crippen molar-refractivity contribution >= 4 is 16.9 Å². The Morgan fingerprint density at radius 2 is 2.26 bits per heavy atom. The van der Waals surface area contributed by atoms with Crippen LogP contribution in [-0.4, -0.2) is 22.4 Å². The summed E-state index contributed by atoms with van der Waals surface area (Å²) in [5.74, 6) is -1.88. The molecular formula is C12H10F2N4O. The minimum atomic E-state index is -0.992. The quantitative estimate of drug-likeness (QED) is 0.876. The summed E-state index contributed by atoms with van der Waals surface area (Å²) >= 11 is 0. The largest absolute Gasteiger partial charge is 0.355 e. The molecule has 1 aromatic carbocycles. The third kappa shape index (κ3) is 2.85. The van der Waals surface area contributed by atoms with E-state index in [1.807, 2.05) is 0 Å². The van der Waals surface area contributed by atoms with Crippen molar-refractivity contribution in [2.45, 2.75) is 12.8 Å². The first-order valence-electron chi connectivity index (χ1n) is 5.58. The van der Waals surface area contributed by atoms with Gasteiger partial charge in [-0.05, 0) is 12.1 Å². The van der Waals surface area contributed by atoms with Crippen LogP contribution in [-0.2, 0) is 11.2 Å². The van der Waals surface area contributed by atoms with E-state index in [1.54, 1.807) is 6.07 Å². The fraction of sp³-hybridized carbons (Fsp3) is 0.250. The second-order valence-corrected chi connectivity index (χ2v) is 3.88. The molecule has 7 heteroatoms. The molecule has 0 atom stereocenters. The summed E-state index contributed by atoms with van der Waals surface area (Å²) in [6.07, 6.45) is 0.132. The minimum absolute atomic E-state index is 0.0571. The van der Waals surface area contributed by atoms with E-state index < -0.39 is 11.6 Å². The molecule has 0 aliphatic carbocycles. The third-order valence-electron chi connectivity index (χ3n) is 2.52. The molecule has 5 nitrogen and oxygen atoms in total. The molecule has 0 aliphatic rings. The Kier molecular flexibility index (Phi) is 3.71. The van der Waals surface area contributed by atoms with Gasteiger partial charge in [0.05, 0.1) is 11.6 Å². The normalized spacial score (nSPS) is 10.4. The number of imidazole rings is 1. The van der Waals surface area contributed by atoms with Crippen molar-refractivity contribution in [1.29, 1.82) is 5.26 Å². The van der Waals surface area contributed by atoms with Crippen molar-refractivity contribution in [2.75, 3.05) is 6.54 Å². The van der Waals surface area contributed by atoms with Crippen LogP contribution in [0.15, 0.2) is 12.1 Å². The maximum absolute atomic E-state index is 13.4. The number of carbonyl (C=O) groups is 1. The van der Waals surface area contributed by atoms with Gasteiger partial charge < -0.3 is 10.3 Å². The van der Waals surface area contributed by atoms with Crippen LogP contribution in [0.25, 0.3) is 11.0 Å². The number of benzene rings is 1. The minimum Gasteiger partial charge on any atom is -0.355 e. The van der Waals surface area contributed by atoms with Crippen LogP contribution >= 0.6 is 0 Å². The Hall–Kier alpha value is -2.49. The molecule has 0 aliphatic heterocycles. The van der Waals surface area contributed by atoms with Crippen LogP contribution in [0.1, 0.15) is 12.2 Å². The standard InChI is InChI=1S/C12H10F2N4O/c13-7-1-2-8-12(11(7)14)18-9(17-8)4-6-16-10(19)3-5-15/h1-2H,3-4,6H2,(H,16,19)(H,17,18). The molecule has 0 spiro atoms. The Morgan fingerprint density at radius 3 is 3.00 bits per heavy atom. The highest BCUT2D eigenvalue weighted by Crippen LogP contribution is 2.18. The number of hydrogen-bond acceptors (Lipinski definition) is 3. The number of amides is 1. The first-order valence-corrected chi connectivity index (χ1v) is 5.58. The zero-order valence-electron chi connectivity index (χ0n) is 9.83. The third-order valence-corrected chi connectivity index (χ3v) is 2.52. The van der Waals surface area contributed by atoms with E-state index >= 15 is 0 Å². The molecule has 98 valence electrons. The van der Waals surface area contributed by atoms with Gasteiger partial charge in [-0.1, -0.05) is 0 Å². The highest BCUT2D eigenvalue weighted by Gasteiger charge is 2.11. The van der Waals surface area contributed by atoms with E-state index in [2.05, 4.69) is 15.3 Å². The van der Waals surface area contributed by atoms with Crippen molar-refractivity contribution in [2.24, 2.45) is 0 Å². The Morgan fingerprint density at radius 1 is 1.47 bits per heavy atom. The first kappa shape index (κ1) is 13.0. The molecule has 1 amide bonds. The molecule has 0 bridgehead atoms. The van der Waals surface area contributed by atoms with Crippen LogP contribution in [0.3, 0.4) is 0 Å². The number of aromatic amines is 1. The maximum atomic E-state index is 13.4. The fourth-order valence-electron chi connectivity index (χ4n) is 1.64. The van der Waals surface area contributed by atoms with Crippen LogP contribution in [0, 0.1) is 23.0 Å². The topological polar surface area (TPSA) is 81.6 Å². The molecule has 1 heterocycles. The van der Waals surface area contributed by atoms with Crippen molar-refractivity contribution in [3.05, 3.63) is 29.6 Å². The molecule has 0 saturated heterocycles. The molecular weight excluding hydrogens is 254 g/mol. The van der Waals surface area contributed by atoms with E-state index in [1.165, 1.54) is 6.07 Å². The number of aromatic nitrogens is 2. The number of nitrogens with zero attached hydrogens (tertiary/aromatic N) is 2. The lowest BCUT2D eigenvalue weighted by Crippen LogP contribution is -2.25. The average Bonchev–Trinajstić information content (AvgIpc) is 2.78. The molecule has 2 N–H and O–H groups in total. The number of rotatable bonds is 4. The summed E-state index contributed by atoms with van der Waals surface area (Å²) in [5, 5.41) is 10.8. The molecule has 2 aromatic rings. The van der Waals surface area contributed by atoms with Gasteiger partial charge in [-0.3, -0.25) is 4.79 Å². The van der Waals surface area contributed by atoms with Gasteiger partial charge in [0.25, 0.3) is 0 Å². The highest BCUT2D eigenvalue weighted by atomic mass is 19.2. The monoisotopic (exact) mass is 264 g/mol. The van der Waals surface area contributed by atoms with Crippen molar-refractivity contribution in [3.63, 3.8) is 0 Å². The van der Waals surface area contributed by atoms with E-state index in [4.69, 9.17) is 5.26 Å². The number of nitrogens with one attached hydrogen (secondary N) is 2. The van der Waals surface area contributed by atoms with Gasteiger partial charge >= 0.3 is 0 Å². The Labute approximate surface area is 107 Å². The first-order chi connectivity index (χ1) is 9.11.